The molecule has 0 aromatic heterocycles. The highest BCUT2D eigenvalue weighted by Crippen LogP contribution is 1.98. The number of carboxylic acid groups (broad SMARTS) is 1. The van der Waals surface area contributed by atoms with Crippen LogP contribution in [0.15, 0.2) is 0 Å². The topological polar surface area (TPSA) is 122 Å². The number of morpholine rings is 1. The van der Waals surface area contributed by atoms with Crippen LogP contribution in [0.4, 0.5) is 0 Å². The molecule has 0 aromatic carbocycles. The first-order valence-electron chi connectivity index (χ1n) is 6.66. The number of hydrogen-bond donors (Lipinski definition) is 3. The Hall–Kier alpha value is -0.740. The summed E-state index contributed by atoms with van der Waals surface area (Å²) in [5, 5.41) is 8.58. The highest BCUT2D eigenvalue weighted by Gasteiger charge is 2.17. The molecular formula is C11H23N3O5S. The predicted molar refractivity (Wildman–Crippen MR) is 73.9 cm³/mol. The molecule has 0 saturated carbocycles. The Morgan fingerprint density at radius 3 is 2.65 bits per heavy atom. The standard InChI is InChI=1S/C11H23N3O5S/c12-10(11(15)16)2-9-20(17,18)13-3-1-4-14-5-7-19-8-6-14/h10,13H,1-9,12H2,(H,15,16). The first kappa shape index (κ1) is 17.3. The van der Waals surface area contributed by atoms with Crippen molar-refractivity contribution in [1.82, 2.24) is 9.62 Å². The van der Waals surface area contributed by atoms with Crippen molar-refractivity contribution in [2.24, 2.45) is 5.73 Å². The highest BCUT2D eigenvalue weighted by atomic mass is 32.2. The SMILES string of the molecule is NC(CCS(=O)(=O)NCCCN1CCOCC1)C(=O)O. The summed E-state index contributed by atoms with van der Waals surface area (Å²) in [6.45, 7) is 4.36. The average Bonchev–Trinajstić information content (AvgIpc) is 2.42. The van der Waals surface area contributed by atoms with Crippen LogP contribution in [0.3, 0.4) is 0 Å². The van der Waals surface area contributed by atoms with E-state index in [1.54, 1.807) is 0 Å². The summed E-state index contributed by atoms with van der Waals surface area (Å²) < 4.78 is 30.9. The van der Waals surface area contributed by atoms with E-state index in [0.29, 0.717) is 13.0 Å². The van der Waals surface area contributed by atoms with Crippen molar-refractivity contribution in [1.29, 1.82) is 0 Å². The summed E-state index contributed by atoms with van der Waals surface area (Å²) in [4.78, 5) is 12.7. The molecule has 20 heavy (non-hydrogen) atoms. The van der Waals surface area contributed by atoms with Gasteiger partial charge in [0.25, 0.3) is 0 Å². The van der Waals surface area contributed by atoms with Crippen molar-refractivity contribution >= 4 is 16.0 Å². The Morgan fingerprint density at radius 1 is 1.40 bits per heavy atom. The van der Waals surface area contributed by atoms with Crippen LogP contribution in [0.1, 0.15) is 12.8 Å². The first-order valence-corrected chi connectivity index (χ1v) is 8.32. The third kappa shape index (κ3) is 7.15. The second-order valence-corrected chi connectivity index (χ2v) is 6.68. The van der Waals surface area contributed by atoms with Crippen LogP contribution in [0, 0.1) is 0 Å². The Morgan fingerprint density at radius 2 is 2.05 bits per heavy atom. The van der Waals surface area contributed by atoms with E-state index in [1.165, 1.54) is 0 Å². The number of aliphatic carboxylic acids is 1. The molecule has 1 heterocycles. The number of hydrogen-bond acceptors (Lipinski definition) is 6. The minimum Gasteiger partial charge on any atom is -0.480 e. The van der Waals surface area contributed by atoms with Crippen molar-refractivity contribution in [3.63, 3.8) is 0 Å². The molecule has 1 aliphatic heterocycles. The number of nitrogens with zero attached hydrogens (tertiary/aromatic N) is 1. The van der Waals surface area contributed by atoms with E-state index in [0.717, 1.165) is 32.8 Å². The monoisotopic (exact) mass is 309 g/mol. The number of ether oxygens (including phenoxy) is 1. The van der Waals surface area contributed by atoms with E-state index in [1.807, 2.05) is 0 Å². The number of sulfonamides is 1. The molecule has 1 atom stereocenters. The molecule has 1 saturated heterocycles. The normalized spacial score (nSPS) is 18.9. The first-order chi connectivity index (χ1) is 9.41. The summed E-state index contributed by atoms with van der Waals surface area (Å²) in [6, 6.07) is -1.14. The van der Waals surface area contributed by atoms with Gasteiger partial charge in [0.2, 0.25) is 10.0 Å². The Labute approximate surface area is 119 Å². The number of nitrogens with two attached hydrogens (primary N) is 1. The zero-order valence-corrected chi connectivity index (χ0v) is 12.3. The molecule has 1 aliphatic rings. The molecule has 0 bridgehead atoms. The maximum Gasteiger partial charge on any atom is 0.320 e. The van der Waals surface area contributed by atoms with Gasteiger partial charge in [-0.05, 0) is 19.4 Å². The van der Waals surface area contributed by atoms with Gasteiger partial charge in [0, 0.05) is 19.6 Å². The van der Waals surface area contributed by atoms with Crippen molar-refractivity contribution in [3.05, 3.63) is 0 Å². The number of nitrogens with one attached hydrogen (secondary N) is 1. The van der Waals surface area contributed by atoms with Crippen LogP contribution >= 0.6 is 0 Å². The molecule has 0 aromatic rings. The lowest BCUT2D eigenvalue weighted by atomic mass is 10.2. The molecule has 118 valence electrons. The van der Waals surface area contributed by atoms with E-state index in [9.17, 15) is 13.2 Å². The zero-order chi connectivity index (χ0) is 15.0. The van der Waals surface area contributed by atoms with Crippen molar-refractivity contribution in [3.8, 4) is 0 Å². The van der Waals surface area contributed by atoms with E-state index in [4.69, 9.17) is 15.6 Å². The van der Waals surface area contributed by atoms with Crippen molar-refractivity contribution in [2.45, 2.75) is 18.9 Å². The fraction of sp³-hybridized carbons (Fsp3) is 0.909. The molecule has 9 heteroatoms. The fourth-order valence-electron chi connectivity index (χ4n) is 1.83. The van der Waals surface area contributed by atoms with Crippen LogP contribution in [0.2, 0.25) is 0 Å². The molecule has 0 aliphatic carbocycles. The van der Waals surface area contributed by atoms with Gasteiger partial charge in [0.1, 0.15) is 6.04 Å². The van der Waals surface area contributed by atoms with Gasteiger partial charge in [-0.3, -0.25) is 9.69 Å². The molecule has 0 radical (unpaired) electrons. The van der Waals surface area contributed by atoms with E-state index in [-0.39, 0.29) is 12.2 Å². The summed E-state index contributed by atoms with van der Waals surface area (Å²) in [7, 11) is -3.45. The third-order valence-corrected chi connectivity index (χ3v) is 4.51. The van der Waals surface area contributed by atoms with E-state index in [2.05, 4.69) is 9.62 Å². The zero-order valence-electron chi connectivity index (χ0n) is 11.5. The second kappa shape index (κ2) is 8.53. The number of rotatable bonds is 9. The number of carbonyl (C=O) groups is 1. The average molecular weight is 309 g/mol. The van der Waals surface area contributed by atoms with Gasteiger partial charge in [0.15, 0.2) is 0 Å². The quantitative estimate of drug-likeness (QED) is 0.440. The summed E-state index contributed by atoms with van der Waals surface area (Å²) >= 11 is 0. The lowest BCUT2D eigenvalue weighted by Crippen LogP contribution is -2.39. The predicted octanol–water partition coefficient (Wildman–Crippen LogP) is -1.57. The summed E-state index contributed by atoms with van der Waals surface area (Å²) in [6.07, 6.45) is 0.623. The minimum absolute atomic E-state index is 0.0892. The molecule has 1 fully saturated rings. The second-order valence-electron chi connectivity index (χ2n) is 4.75. The number of carboxylic acids is 1. The highest BCUT2D eigenvalue weighted by molar-refractivity contribution is 7.89. The lowest BCUT2D eigenvalue weighted by molar-refractivity contribution is -0.138. The van der Waals surface area contributed by atoms with E-state index < -0.39 is 22.0 Å². The van der Waals surface area contributed by atoms with Gasteiger partial charge in [-0.25, -0.2) is 13.1 Å². The van der Waals surface area contributed by atoms with Crippen LogP contribution < -0.4 is 10.5 Å². The molecule has 4 N–H and O–H groups in total. The third-order valence-electron chi connectivity index (χ3n) is 3.09. The largest absolute Gasteiger partial charge is 0.480 e. The summed E-state index contributed by atoms with van der Waals surface area (Å²) in [5.74, 6) is -1.45. The Kier molecular flexibility index (Phi) is 7.38. The fourth-order valence-corrected chi connectivity index (χ4v) is 3.00. The van der Waals surface area contributed by atoms with Crippen LogP contribution in [-0.4, -0.2) is 75.6 Å². The van der Waals surface area contributed by atoms with Gasteiger partial charge in [-0.2, -0.15) is 0 Å². The smallest absolute Gasteiger partial charge is 0.320 e. The van der Waals surface area contributed by atoms with Gasteiger partial charge in [-0.15, -0.1) is 0 Å². The summed E-state index contributed by atoms with van der Waals surface area (Å²) in [5.41, 5.74) is 5.27. The lowest BCUT2D eigenvalue weighted by Gasteiger charge is -2.26. The van der Waals surface area contributed by atoms with Crippen LogP contribution in [0.25, 0.3) is 0 Å². The molecule has 0 amide bonds. The maximum absolute atomic E-state index is 11.6. The molecule has 8 nitrogen and oxygen atoms in total. The van der Waals surface area contributed by atoms with Crippen molar-refractivity contribution < 1.29 is 23.1 Å². The van der Waals surface area contributed by atoms with Gasteiger partial charge >= 0.3 is 5.97 Å². The van der Waals surface area contributed by atoms with Gasteiger partial charge in [-0.1, -0.05) is 0 Å². The minimum atomic E-state index is -3.45. The van der Waals surface area contributed by atoms with Crippen molar-refractivity contribution in [2.75, 3.05) is 45.1 Å². The van der Waals surface area contributed by atoms with Gasteiger partial charge < -0.3 is 15.6 Å². The van der Waals surface area contributed by atoms with E-state index >= 15 is 0 Å². The molecule has 0 spiro atoms. The van der Waals surface area contributed by atoms with Crippen LogP contribution in [0.5, 0.6) is 0 Å². The molecule has 1 rings (SSSR count). The maximum atomic E-state index is 11.6. The Balaban J connectivity index is 2.14. The molecule has 1 unspecified atom stereocenters. The Bertz CT molecular complexity index is 395. The molecular weight excluding hydrogens is 286 g/mol. The van der Waals surface area contributed by atoms with Gasteiger partial charge in [0.05, 0.1) is 19.0 Å². The van der Waals surface area contributed by atoms with Crippen LogP contribution in [-0.2, 0) is 19.6 Å².